The van der Waals surface area contributed by atoms with Crippen LogP contribution in [0.2, 0.25) is 5.02 Å². The number of piperidine rings is 1. The Morgan fingerprint density at radius 2 is 1.97 bits per heavy atom. The Morgan fingerprint density at radius 3 is 2.73 bits per heavy atom. The molecule has 156 valence electrons. The van der Waals surface area contributed by atoms with Crippen molar-refractivity contribution in [3.05, 3.63) is 40.8 Å². The number of anilines is 1. The van der Waals surface area contributed by atoms with E-state index in [-0.39, 0.29) is 0 Å². The van der Waals surface area contributed by atoms with Crippen LogP contribution in [-0.2, 0) is 4.74 Å². The van der Waals surface area contributed by atoms with Crippen LogP contribution in [0.4, 0.5) is 5.82 Å². The minimum atomic E-state index is 0.328. The molecule has 2 aromatic heterocycles. The molecule has 2 atom stereocenters. The lowest BCUT2D eigenvalue weighted by Gasteiger charge is -2.28. The topological polar surface area (TPSA) is 68.1 Å². The van der Waals surface area contributed by atoms with Crippen LogP contribution in [0.5, 0.6) is 0 Å². The Kier molecular flexibility index (Phi) is 4.44. The van der Waals surface area contributed by atoms with E-state index >= 15 is 0 Å². The van der Waals surface area contributed by atoms with Crippen molar-refractivity contribution in [2.24, 2.45) is 0 Å². The van der Waals surface area contributed by atoms with Gasteiger partial charge in [-0.1, -0.05) is 11.6 Å². The zero-order chi connectivity index (χ0) is 20.2. The summed E-state index contributed by atoms with van der Waals surface area (Å²) in [7, 11) is 0. The van der Waals surface area contributed by atoms with E-state index < -0.39 is 0 Å². The monoisotopic (exact) mass is 424 g/mol. The Morgan fingerprint density at radius 1 is 1.13 bits per heavy atom. The molecule has 2 bridgehead atoms. The third kappa shape index (κ3) is 3.07. The lowest BCUT2D eigenvalue weighted by atomic mass is 9.90. The molecule has 0 aliphatic carbocycles. The number of hydrogen-bond donors (Lipinski definition) is 1. The number of aromatic nitrogens is 4. The second kappa shape index (κ2) is 7.18. The number of rotatable bonds is 3. The molecule has 3 saturated heterocycles. The fourth-order valence-corrected chi connectivity index (χ4v) is 5.49. The number of ether oxygens (including phenoxy) is 1. The van der Waals surface area contributed by atoms with E-state index in [1.54, 1.807) is 0 Å². The minimum Gasteiger partial charge on any atom is -0.374 e. The molecule has 0 saturated carbocycles. The second-order valence-electron chi connectivity index (χ2n) is 8.64. The van der Waals surface area contributed by atoms with Crippen molar-refractivity contribution in [2.45, 2.75) is 44.2 Å². The number of aryl methyl sites for hydroxylation is 1. The molecule has 6 rings (SSSR count). The van der Waals surface area contributed by atoms with Crippen LogP contribution in [0.15, 0.2) is 24.4 Å². The first-order valence-corrected chi connectivity index (χ1v) is 11.2. The highest BCUT2D eigenvalue weighted by Crippen LogP contribution is 2.35. The first-order chi connectivity index (χ1) is 14.7. The lowest BCUT2D eigenvalue weighted by Crippen LogP contribution is -2.37. The van der Waals surface area contributed by atoms with Gasteiger partial charge >= 0.3 is 0 Å². The number of nitrogens with zero attached hydrogens (tertiary/aromatic N) is 5. The van der Waals surface area contributed by atoms with E-state index in [2.05, 4.69) is 27.4 Å². The summed E-state index contributed by atoms with van der Waals surface area (Å²) in [5.41, 5.74) is 2.26. The maximum absolute atomic E-state index is 6.66. The van der Waals surface area contributed by atoms with E-state index in [1.807, 2.05) is 23.9 Å². The summed E-state index contributed by atoms with van der Waals surface area (Å²) in [4.78, 5) is 11.8. The normalized spacial score (nSPS) is 24.3. The molecule has 3 aromatic rings. The second-order valence-corrected chi connectivity index (χ2v) is 9.05. The first-order valence-electron chi connectivity index (χ1n) is 10.8. The number of morpholine rings is 1. The van der Waals surface area contributed by atoms with Crippen LogP contribution in [0.25, 0.3) is 16.7 Å². The summed E-state index contributed by atoms with van der Waals surface area (Å²) in [6, 6.07) is 6.73. The van der Waals surface area contributed by atoms with Gasteiger partial charge in [0.25, 0.3) is 0 Å². The van der Waals surface area contributed by atoms with Crippen LogP contribution in [0, 0.1) is 6.92 Å². The zero-order valence-electron chi connectivity index (χ0n) is 17.0. The van der Waals surface area contributed by atoms with Crippen molar-refractivity contribution in [2.75, 3.05) is 31.1 Å². The summed E-state index contributed by atoms with van der Waals surface area (Å²) >= 11 is 6.66. The van der Waals surface area contributed by atoms with E-state index in [4.69, 9.17) is 26.3 Å². The van der Waals surface area contributed by atoms with Crippen molar-refractivity contribution >= 4 is 28.3 Å². The molecular weight excluding hydrogens is 400 g/mol. The maximum atomic E-state index is 6.66. The highest BCUT2D eigenvalue weighted by molar-refractivity contribution is 6.32. The van der Waals surface area contributed by atoms with Crippen LogP contribution in [-0.4, -0.2) is 58.1 Å². The quantitative estimate of drug-likeness (QED) is 0.696. The SMILES string of the molecule is Cc1nc(N2C[C@H]3C[C@@H]2CO3)cc(-n2ncc3cc(Cl)c(C4CCNCC4)cc32)n1. The predicted octanol–water partition coefficient (Wildman–Crippen LogP) is 3.22. The standard InChI is InChI=1S/C22H25ClN6O/c1-13-26-21(28-11-17-7-16(28)12-30-17)9-22(27-13)29-20-8-18(14-2-4-24-5-3-14)19(23)6-15(20)10-25-29/h6,8-10,14,16-17,24H,2-5,7,11-12H2,1H3/t16-,17-/m1/s1. The number of nitrogens with one attached hydrogen (secondary N) is 1. The van der Waals surface area contributed by atoms with Crippen LogP contribution in [0.3, 0.4) is 0 Å². The summed E-state index contributed by atoms with van der Waals surface area (Å²) < 4.78 is 7.69. The summed E-state index contributed by atoms with van der Waals surface area (Å²) in [5.74, 6) is 3.00. The maximum Gasteiger partial charge on any atom is 0.159 e. The fraction of sp³-hybridized carbons (Fsp3) is 0.500. The smallest absolute Gasteiger partial charge is 0.159 e. The summed E-state index contributed by atoms with van der Waals surface area (Å²) in [6.07, 6.45) is 5.50. The van der Waals surface area contributed by atoms with Gasteiger partial charge in [-0.3, -0.25) is 0 Å². The van der Waals surface area contributed by atoms with Gasteiger partial charge in [-0.2, -0.15) is 5.10 Å². The first kappa shape index (κ1) is 18.5. The van der Waals surface area contributed by atoms with Crippen LogP contribution < -0.4 is 10.2 Å². The number of hydrogen-bond acceptors (Lipinski definition) is 6. The van der Waals surface area contributed by atoms with Crippen LogP contribution >= 0.6 is 11.6 Å². The van der Waals surface area contributed by atoms with E-state index in [0.717, 1.165) is 78.9 Å². The van der Waals surface area contributed by atoms with Gasteiger partial charge in [0.1, 0.15) is 11.6 Å². The molecule has 7 nitrogen and oxygen atoms in total. The average Bonchev–Trinajstić information content (AvgIpc) is 3.49. The molecule has 5 heterocycles. The van der Waals surface area contributed by atoms with Gasteiger partial charge in [0, 0.05) is 23.0 Å². The van der Waals surface area contributed by atoms with Crippen molar-refractivity contribution in [1.82, 2.24) is 25.1 Å². The number of halogens is 1. The Bertz CT molecular complexity index is 1110. The highest BCUT2D eigenvalue weighted by Gasteiger charge is 2.39. The van der Waals surface area contributed by atoms with Gasteiger partial charge < -0.3 is 15.0 Å². The van der Waals surface area contributed by atoms with Crippen molar-refractivity contribution in [1.29, 1.82) is 0 Å². The molecule has 30 heavy (non-hydrogen) atoms. The van der Waals surface area contributed by atoms with Crippen molar-refractivity contribution in [3.8, 4) is 5.82 Å². The molecule has 8 heteroatoms. The molecule has 3 fully saturated rings. The summed E-state index contributed by atoms with van der Waals surface area (Å²) in [5, 5.41) is 9.96. The predicted molar refractivity (Wildman–Crippen MR) is 117 cm³/mol. The van der Waals surface area contributed by atoms with Gasteiger partial charge in [-0.05, 0) is 62.9 Å². The minimum absolute atomic E-state index is 0.328. The Labute approximate surface area is 180 Å². The lowest BCUT2D eigenvalue weighted by molar-refractivity contribution is 0.0988. The number of benzene rings is 1. The molecule has 1 aromatic carbocycles. The van der Waals surface area contributed by atoms with Crippen molar-refractivity contribution in [3.63, 3.8) is 0 Å². The molecular formula is C22H25ClN6O. The molecule has 1 N–H and O–H groups in total. The van der Waals surface area contributed by atoms with Gasteiger partial charge in [0.05, 0.1) is 30.5 Å². The molecule has 3 aliphatic rings. The van der Waals surface area contributed by atoms with Gasteiger partial charge in [0.2, 0.25) is 0 Å². The van der Waals surface area contributed by atoms with E-state index in [1.165, 1.54) is 5.56 Å². The third-order valence-corrected chi connectivity index (χ3v) is 7.02. The molecule has 0 amide bonds. The average molecular weight is 425 g/mol. The Hall–Kier alpha value is -2.22. The van der Waals surface area contributed by atoms with Crippen LogP contribution in [0.1, 0.15) is 36.6 Å². The van der Waals surface area contributed by atoms with E-state index in [9.17, 15) is 0 Å². The molecule has 3 aliphatic heterocycles. The molecule has 0 radical (unpaired) electrons. The Balaban J connectivity index is 1.42. The highest BCUT2D eigenvalue weighted by atomic mass is 35.5. The molecule has 0 spiro atoms. The van der Waals surface area contributed by atoms with Gasteiger partial charge in [-0.25, -0.2) is 14.6 Å². The molecule has 0 unspecified atom stereocenters. The summed E-state index contributed by atoms with van der Waals surface area (Å²) in [6.45, 7) is 5.70. The number of fused-ring (bicyclic) bond motifs is 3. The van der Waals surface area contributed by atoms with Gasteiger partial charge in [-0.15, -0.1) is 0 Å². The van der Waals surface area contributed by atoms with Crippen molar-refractivity contribution < 1.29 is 4.74 Å². The fourth-order valence-electron chi connectivity index (χ4n) is 5.16. The zero-order valence-corrected chi connectivity index (χ0v) is 17.8. The van der Waals surface area contributed by atoms with Gasteiger partial charge in [0.15, 0.2) is 5.82 Å². The van der Waals surface area contributed by atoms with E-state index in [0.29, 0.717) is 18.1 Å². The largest absolute Gasteiger partial charge is 0.374 e. The third-order valence-electron chi connectivity index (χ3n) is 6.69.